The Balaban J connectivity index is 0.00000612. The summed E-state index contributed by atoms with van der Waals surface area (Å²) in [7, 11) is 0. The molecule has 0 aromatic carbocycles. The molecule has 0 atom stereocenters. The standard InChI is InChI=1S/C28H52N2O4.H4Si/c1-25(2)17-21(18-26(3,4)29-25)33-23(31)15-13-11-9-10-12-14-16-24(32)34-22-19-27(5,6)30-28(7,8)20-22;/h21-22,29-30H,9-20H2,1-8H3;1H4. The van der Waals surface area contributed by atoms with Crippen molar-refractivity contribution in [3.63, 3.8) is 0 Å². The van der Waals surface area contributed by atoms with E-state index in [0.29, 0.717) is 12.8 Å². The lowest BCUT2D eigenvalue weighted by Gasteiger charge is -2.46. The first-order valence-electron chi connectivity index (χ1n) is 13.5. The minimum atomic E-state index is -0.0643. The van der Waals surface area contributed by atoms with Crippen molar-refractivity contribution in [2.75, 3.05) is 0 Å². The van der Waals surface area contributed by atoms with Gasteiger partial charge in [0.15, 0.2) is 0 Å². The summed E-state index contributed by atoms with van der Waals surface area (Å²) in [4.78, 5) is 24.6. The number of ether oxygens (including phenoxy) is 2. The van der Waals surface area contributed by atoms with Gasteiger partial charge in [-0.25, -0.2) is 0 Å². The fourth-order valence-corrected chi connectivity index (χ4v) is 6.36. The van der Waals surface area contributed by atoms with Gasteiger partial charge in [-0.3, -0.25) is 9.59 Å². The summed E-state index contributed by atoms with van der Waals surface area (Å²) < 4.78 is 11.6. The number of hydrogen-bond acceptors (Lipinski definition) is 6. The van der Waals surface area contributed by atoms with E-state index < -0.39 is 0 Å². The highest BCUT2D eigenvalue weighted by Crippen LogP contribution is 2.31. The fourth-order valence-electron chi connectivity index (χ4n) is 6.36. The van der Waals surface area contributed by atoms with Crippen LogP contribution in [0, 0.1) is 0 Å². The molecule has 0 saturated carbocycles. The highest BCUT2D eigenvalue weighted by Gasteiger charge is 2.40. The monoisotopic (exact) mass is 512 g/mol. The van der Waals surface area contributed by atoms with Crippen LogP contribution in [0.4, 0.5) is 0 Å². The molecule has 2 N–H and O–H groups in total. The van der Waals surface area contributed by atoms with Gasteiger partial charge in [0.1, 0.15) is 12.2 Å². The maximum atomic E-state index is 12.3. The van der Waals surface area contributed by atoms with Gasteiger partial charge in [-0.15, -0.1) is 0 Å². The van der Waals surface area contributed by atoms with Crippen LogP contribution in [0.15, 0.2) is 0 Å². The average Bonchev–Trinajstić information content (AvgIpc) is 2.58. The van der Waals surface area contributed by atoms with Crippen molar-refractivity contribution in [1.82, 2.24) is 10.6 Å². The van der Waals surface area contributed by atoms with E-state index in [1.807, 2.05) is 0 Å². The minimum absolute atomic E-state index is 0. The van der Waals surface area contributed by atoms with E-state index in [0.717, 1.165) is 64.2 Å². The van der Waals surface area contributed by atoms with Crippen molar-refractivity contribution in [3.05, 3.63) is 0 Å². The van der Waals surface area contributed by atoms with Crippen LogP contribution in [0.1, 0.15) is 132 Å². The zero-order chi connectivity index (χ0) is 25.6. The number of unbranched alkanes of at least 4 members (excludes halogenated alkanes) is 5. The average molecular weight is 513 g/mol. The molecule has 0 aliphatic carbocycles. The van der Waals surface area contributed by atoms with Crippen LogP contribution in [0.25, 0.3) is 0 Å². The third-order valence-corrected chi connectivity index (χ3v) is 6.91. The molecule has 2 fully saturated rings. The molecule has 6 nitrogen and oxygen atoms in total. The van der Waals surface area contributed by atoms with Crippen molar-refractivity contribution >= 4 is 22.9 Å². The summed E-state index contributed by atoms with van der Waals surface area (Å²) in [5, 5.41) is 7.25. The van der Waals surface area contributed by atoms with Crippen LogP contribution in [-0.4, -0.2) is 57.3 Å². The Labute approximate surface area is 219 Å². The van der Waals surface area contributed by atoms with Crippen molar-refractivity contribution in [2.45, 2.75) is 167 Å². The molecule has 0 aromatic heterocycles. The highest BCUT2D eigenvalue weighted by atomic mass is 28.1. The number of nitrogens with one attached hydrogen (secondary N) is 2. The summed E-state index contributed by atoms with van der Waals surface area (Å²) in [5.41, 5.74) is -0.0559. The number of piperidine rings is 2. The second-order valence-electron chi connectivity index (χ2n) is 13.4. The van der Waals surface area contributed by atoms with Gasteiger partial charge < -0.3 is 20.1 Å². The third-order valence-electron chi connectivity index (χ3n) is 6.91. The molecular weight excluding hydrogens is 456 g/mol. The van der Waals surface area contributed by atoms with E-state index in [2.05, 4.69) is 66.0 Å². The molecule has 0 unspecified atom stereocenters. The maximum absolute atomic E-state index is 12.3. The Hall–Kier alpha value is -0.923. The first-order chi connectivity index (χ1) is 15.6. The molecule has 7 heteroatoms. The topological polar surface area (TPSA) is 76.7 Å². The van der Waals surface area contributed by atoms with Crippen molar-refractivity contribution < 1.29 is 19.1 Å². The first kappa shape index (κ1) is 32.1. The Morgan fingerprint density at radius 3 is 1.11 bits per heavy atom. The van der Waals surface area contributed by atoms with Crippen LogP contribution in [-0.2, 0) is 19.1 Å². The van der Waals surface area contributed by atoms with Gasteiger partial charge in [0.05, 0.1) is 0 Å². The number of carbonyl (C=O) groups is 2. The summed E-state index contributed by atoms with van der Waals surface area (Å²) in [6.45, 7) is 17.4. The molecule has 2 heterocycles. The molecule has 35 heavy (non-hydrogen) atoms. The van der Waals surface area contributed by atoms with Crippen LogP contribution < -0.4 is 10.6 Å². The quantitative estimate of drug-likeness (QED) is 0.243. The van der Waals surface area contributed by atoms with Gasteiger partial charge in [0.25, 0.3) is 0 Å². The minimum Gasteiger partial charge on any atom is -0.462 e. The second kappa shape index (κ2) is 13.0. The van der Waals surface area contributed by atoms with Gasteiger partial charge in [0, 0.05) is 60.7 Å². The lowest BCUT2D eigenvalue weighted by atomic mass is 9.81. The second-order valence-corrected chi connectivity index (χ2v) is 13.4. The maximum Gasteiger partial charge on any atom is 0.306 e. The summed E-state index contributed by atoms with van der Waals surface area (Å²) >= 11 is 0. The van der Waals surface area contributed by atoms with Crippen molar-refractivity contribution in [3.8, 4) is 0 Å². The largest absolute Gasteiger partial charge is 0.462 e. The molecule has 2 saturated heterocycles. The van der Waals surface area contributed by atoms with Gasteiger partial charge in [-0.2, -0.15) is 0 Å². The predicted molar refractivity (Wildman–Crippen MR) is 149 cm³/mol. The SMILES string of the molecule is CC1(C)CC(OC(=O)CCCCCCCCC(=O)OC2CC(C)(C)NC(C)(C)C2)CC(C)(C)N1.[SiH4]. The normalized spacial score (nSPS) is 23.2. The molecule has 2 aliphatic heterocycles. The summed E-state index contributed by atoms with van der Waals surface area (Å²) in [5.74, 6) is -0.129. The molecule has 206 valence electrons. The highest BCUT2D eigenvalue weighted by molar-refractivity contribution is 5.75. The van der Waals surface area contributed by atoms with Gasteiger partial charge in [0.2, 0.25) is 0 Å². The summed E-state index contributed by atoms with van der Waals surface area (Å²) in [6.07, 6.45) is 10.4. The molecule has 0 aromatic rings. The number of hydrogen-bond donors (Lipinski definition) is 2. The van der Waals surface area contributed by atoms with E-state index in [4.69, 9.17) is 9.47 Å². The van der Waals surface area contributed by atoms with Gasteiger partial charge in [-0.05, 0) is 79.2 Å². The molecule has 0 spiro atoms. The van der Waals surface area contributed by atoms with E-state index in [-0.39, 0.29) is 57.3 Å². The summed E-state index contributed by atoms with van der Waals surface area (Å²) in [6, 6.07) is 0. The number of rotatable bonds is 11. The zero-order valence-electron chi connectivity index (χ0n) is 23.3. The molecule has 2 rings (SSSR count). The van der Waals surface area contributed by atoms with E-state index >= 15 is 0 Å². The van der Waals surface area contributed by atoms with Gasteiger partial charge >= 0.3 is 11.9 Å². The van der Waals surface area contributed by atoms with Crippen LogP contribution in [0.3, 0.4) is 0 Å². The predicted octanol–water partition coefficient (Wildman–Crippen LogP) is 4.36. The van der Waals surface area contributed by atoms with Crippen LogP contribution in [0.5, 0.6) is 0 Å². The zero-order valence-corrected chi connectivity index (χ0v) is 23.3. The lowest BCUT2D eigenvalue weighted by Crippen LogP contribution is -2.59. The Bertz CT molecular complexity index is 600. The van der Waals surface area contributed by atoms with Crippen LogP contribution in [0.2, 0.25) is 0 Å². The number of esters is 2. The Morgan fingerprint density at radius 2 is 0.829 bits per heavy atom. The smallest absolute Gasteiger partial charge is 0.306 e. The molecule has 2 aliphatic rings. The lowest BCUT2D eigenvalue weighted by molar-refractivity contribution is -0.154. The fraction of sp³-hybridized carbons (Fsp3) is 0.929. The Kier molecular flexibility index (Phi) is 12.0. The first-order valence-corrected chi connectivity index (χ1v) is 13.5. The molecule has 0 bridgehead atoms. The van der Waals surface area contributed by atoms with E-state index in [9.17, 15) is 9.59 Å². The van der Waals surface area contributed by atoms with E-state index in [1.165, 1.54) is 0 Å². The molecular formula is C28H56N2O4Si. The molecule has 0 amide bonds. The molecule has 0 radical (unpaired) electrons. The Morgan fingerprint density at radius 1 is 0.571 bits per heavy atom. The number of carbonyl (C=O) groups excluding carboxylic acids is 2. The van der Waals surface area contributed by atoms with Crippen molar-refractivity contribution in [1.29, 1.82) is 0 Å². The third kappa shape index (κ3) is 12.7. The van der Waals surface area contributed by atoms with E-state index in [1.54, 1.807) is 0 Å². The van der Waals surface area contributed by atoms with Crippen molar-refractivity contribution in [2.24, 2.45) is 0 Å². The van der Waals surface area contributed by atoms with Gasteiger partial charge in [-0.1, -0.05) is 25.7 Å². The van der Waals surface area contributed by atoms with Crippen LogP contribution >= 0.6 is 0 Å².